The fourth-order valence-electron chi connectivity index (χ4n) is 2.22. The number of halogens is 1. The average Bonchev–Trinajstić information content (AvgIpc) is 3.02. The van der Waals surface area contributed by atoms with Crippen LogP contribution in [-0.4, -0.2) is 41.4 Å². The molecule has 0 aliphatic rings. The predicted octanol–water partition coefficient (Wildman–Crippen LogP) is 4.00. The third-order valence-electron chi connectivity index (χ3n) is 3.71. The first-order valence-corrected chi connectivity index (χ1v) is 9.91. The van der Waals surface area contributed by atoms with Gasteiger partial charge in [0.2, 0.25) is 5.91 Å². The zero-order valence-corrected chi connectivity index (χ0v) is 17.3. The molecule has 1 aromatic heterocycles. The standard InChI is InChI=1S/C19H24ClN3O3S/c1-13(2)8-9-23(11-17(24)22-19-21-10-14(3)27-19)18(25)12-26-16-6-4-15(20)5-7-16/h4-7,10,13H,8-9,11-12H2,1-3H3,(H,21,22,24). The number of ether oxygens (including phenoxy) is 1. The number of anilines is 1. The van der Waals surface area contributed by atoms with Crippen LogP contribution in [0.25, 0.3) is 0 Å². The highest BCUT2D eigenvalue weighted by Gasteiger charge is 2.19. The number of carbonyl (C=O) groups excluding carboxylic acids is 2. The summed E-state index contributed by atoms with van der Waals surface area (Å²) in [5.74, 6) is 0.463. The number of hydrogen-bond acceptors (Lipinski definition) is 5. The number of amides is 2. The summed E-state index contributed by atoms with van der Waals surface area (Å²) in [4.78, 5) is 31.5. The minimum atomic E-state index is -0.270. The summed E-state index contributed by atoms with van der Waals surface area (Å²) in [5.41, 5.74) is 0. The second-order valence-corrected chi connectivity index (χ2v) is 8.24. The summed E-state index contributed by atoms with van der Waals surface area (Å²) in [6, 6.07) is 6.79. The molecule has 0 atom stereocenters. The van der Waals surface area contributed by atoms with E-state index in [1.54, 1.807) is 30.5 Å². The van der Waals surface area contributed by atoms with Crippen LogP contribution in [-0.2, 0) is 9.59 Å². The van der Waals surface area contributed by atoms with Crippen molar-refractivity contribution in [3.8, 4) is 5.75 Å². The van der Waals surface area contributed by atoms with Crippen LogP contribution in [0.1, 0.15) is 25.1 Å². The number of thiazole rings is 1. The minimum absolute atomic E-state index is 0.0336. The Morgan fingerprint density at radius 1 is 1.30 bits per heavy atom. The number of aromatic nitrogens is 1. The van der Waals surface area contributed by atoms with Gasteiger partial charge >= 0.3 is 0 Å². The van der Waals surface area contributed by atoms with E-state index in [0.29, 0.717) is 28.4 Å². The number of benzene rings is 1. The quantitative estimate of drug-likeness (QED) is 0.679. The van der Waals surface area contributed by atoms with Crippen molar-refractivity contribution in [2.45, 2.75) is 27.2 Å². The summed E-state index contributed by atoms with van der Waals surface area (Å²) in [6.07, 6.45) is 2.50. The van der Waals surface area contributed by atoms with Gasteiger partial charge in [-0.3, -0.25) is 9.59 Å². The zero-order valence-electron chi connectivity index (χ0n) is 15.7. The normalized spacial score (nSPS) is 10.7. The predicted molar refractivity (Wildman–Crippen MR) is 108 cm³/mol. The van der Waals surface area contributed by atoms with E-state index in [4.69, 9.17) is 16.3 Å². The van der Waals surface area contributed by atoms with Gasteiger partial charge in [0.1, 0.15) is 12.3 Å². The number of nitrogens with one attached hydrogen (secondary N) is 1. The molecule has 0 unspecified atom stereocenters. The van der Waals surface area contributed by atoms with Crippen molar-refractivity contribution >= 4 is 39.9 Å². The molecule has 0 saturated heterocycles. The van der Waals surface area contributed by atoms with E-state index < -0.39 is 0 Å². The summed E-state index contributed by atoms with van der Waals surface area (Å²) in [7, 11) is 0. The Morgan fingerprint density at radius 3 is 2.59 bits per heavy atom. The van der Waals surface area contributed by atoms with Crippen molar-refractivity contribution < 1.29 is 14.3 Å². The first kappa shape index (κ1) is 21.2. The summed E-state index contributed by atoms with van der Waals surface area (Å²) >= 11 is 7.24. The fraction of sp³-hybridized carbons (Fsp3) is 0.421. The van der Waals surface area contributed by atoms with Crippen molar-refractivity contribution in [2.75, 3.05) is 25.0 Å². The van der Waals surface area contributed by atoms with Gasteiger partial charge in [-0.25, -0.2) is 4.98 Å². The van der Waals surface area contributed by atoms with E-state index in [9.17, 15) is 9.59 Å². The molecule has 2 aromatic rings. The Bertz CT molecular complexity index is 762. The summed E-state index contributed by atoms with van der Waals surface area (Å²) in [6.45, 7) is 6.39. The van der Waals surface area contributed by atoms with Gasteiger partial charge < -0.3 is 15.0 Å². The van der Waals surface area contributed by atoms with Crippen LogP contribution in [0.3, 0.4) is 0 Å². The minimum Gasteiger partial charge on any atom is -0.484 e. The third-order valence-corrected chi connectivity index (χ3v) is 4.79. The molecule has 1 heterocycles. The Morgan fingerprint density at radius 2 is 2.00 bits per heavy atom. The molecule has 0 aliphatic carbocycles. The van der Waals surface area contributed by atoms with Crippen LogP contribution in [0.5, 0.6) is 5.75 Å². The largest absolute Gasteiger partial charge is 0.484 e. The molecule has 1 aromatic carbocycles. The molecule has 1 N–H and O–H groups in total. The molecular weight excluding hydrogens is 386 g/mol. The van der Waals surface area contributed by atoms with Crippen LogP contribution < -0.4 is 10.1 Å². The highest BCUT2D eigenvalue weighted by molar-refractivity contribution is 7.15. The Labute approximate surface area is 168 Å². The average molecular weight is 410 g/mol. The number of aryl methyl sites for hydroxylation is 1. The van der Waals surface area contributed by atoms with Crippen LogP contribution >= 0.6 is 22.9 Å². The van der Waals surface area contributed by atoms with E-state index in [1.807, 2.05) is 6.92 Å². The Hall–Kier alpha value is -2.12. The topological polar surface area (TPSA) is 71.5 Å². The van der Waals surface area contributed by atoms with Gasteiger partial charge in [-0.1, -0.05) is 25.4 Å². The highest BCUT2D eigenvalue weighted by Crippen LogP contribution is 2.17. The maximum Gasteiger partial charge on any atom is 0.260 e. The maximum atomic E-state index is 12.6. The van der Waals surface area contributed by atoms with Crippen LogP contribution in [0.4, 0.5) is 5.13 Å². The maximum absolute atomic E-state index is 12.6. The van der Waals surface area contributed by atoms with E-state index in [1.165, 1.54) is 16.2 Å². The molecule has 0 fully saturated rings. The van der Waals surface area contributed by atoms with Gasteiger partial charge in [-0.15, -0.1) is 11.3 Å². The van der Waals surface area contributed by atoms with Gasteiger partial charge in [0.05, 0.1) is 0 Å². The smallest absolute Gasteiger partial charge is 0.260 e. The van der Waals surface area contributed by atoms with Gasteiger partial charge in [0.15, 0.2) is 11.7 Å². The number of carbonyl (C=O) groups is 2. The number of hydrogen-bond donors (Lipinski definition) is 1. The molecule has 0 radical (unpaired) electrons. The van der Waals surface area contributed by atoms with Crippen LogP contribution in [0, 0.1) is 12.8 Å². The lowest BCUT2D eigenvalue weighted by molar-refractivity contribution is -0.136. The van der Waals surface area contributed by atoms with E-state index in [0.717, 1.165) is 11.3 Å². The zero-order chi connectivity index (χ0) is 19.8. The molecule has 0 bridgehead atoms. The third kappa shape index (κ3) is 7.56. The lowest BCUT2D eigenvalue weighted by Gasteiger charge is -2.23. The van der Waals surface area contributed by atoms with Crippen molar-refractivity contribution in [1.29, 1.82) is 0 Å². The molecule has 27 heavy (non-hydrogen) atoms. The lowest BCUT2D eigenvalue weighted by atomic mass is 10.1. The van der Waals surface area contributed by atoms with E-state index in [2.05, 4.69) is 24.1 Å². The second-order valence-electron chi connectivity index (χ2n) is 6.56. The SMILES string of the molecule is Cc1cnc(NC(=O)CN(CCC(C)C)C(=O)COc2ccc(Cl)cc2)s1. The van der Waals surface area contributed by atoms with Gasteiger partial charge in [-0.2, -0.15) is 0 Å². The fourth-order valence-corrected chi connectivity index (χ4v) is 3.02. The lowest BCUT2D eigenvalue weighted by Crippen LogP contribution is -2.41. The highest BCUT2D eigenvalue weighted by atomic mass is 35.5. The first-order chi connectivity index (χ1) is 12.8. The number of nitrogens with zero attached hydrogens (tertiary/aromatic N) is 2. The van der Waals surface area contributed by atoms with E-state index >= 15 is 0 Å². The molecule has 146 valence electrons. The molecule has 2 amide bonds. The molecule has 6 nitrogen and oxygen atoms in total. The van der Waals surface area contributed by atoms with Crippen molar-refractivity contribution in [3.63, 3.8) is 0 Å². The molecule has 8 heteroatoms. The van der Waals surface area contributed by atoms with Gasteiger partial charge in [-0.05, 0) is 43.5 Å². The summed E-state index contributed by atoms with van der Waals surface area (Å²) < 4.78 is 5.52. The van der Waals surface area contributed by atoms with Crippen molar-refractivity contribution in [3.05, 3.63) is 40.4 Å². The summed E-state index contributed by atoms with van der Waals surface area (Å²) in [5, 5.41) is 3.87. The number of rotatable bonds is 9. The first-order valence-electron chi connectivity index (χ1n) is 8.72. The van der Waals surface area contributed by atoms with Crippen LogP contribution in [0.2, 0.25) is 5.02 Å². The van der Waals surface area contributed by atoms with Crippen LogP contribution in [0.15, 0.2) is 30.5 Å². The molecule has 0 saturated carbocycles. The molecule has 2 rings (SSSR count). The Balaban J connectivity index is 1.93. The molecule has 0 aliphatic heterocycles. The van der Waals surface area contributed by atoms with E-state index in [-0.39, 0.29) is 25.0 Å². The van der Waals surface area contributed by atoms with Crippen molar-refractivity contribution in [2.24, 2.45) is 5.92 Å². The van der Waals surface area contributed by atoms with Crippen molar-refractivity contribution in [1.82, 2.24) is 9.88 Å². The van der Waals surface area contributed by atoms with Gasteiger partial charge in [0, 0.05) is 22.6 Å². The second kappa shape index (κ2) is 10.3. The molecule has 0 spiro atoms. The Kier molecular flexibility index (Phi) is 8.06. The van der Waals surface area contributed by atoms with Gasteiger partial charge in [0.25, 0.3) is 5.91 Å². The monoisotopic (exact) mass is 409 g/mol. The molecular formula is C19H24ClN3O3S.